The first-order valence-electron chi connectivity index (χ1n) is 9.25. The van der Waals surface area contributed by atoms with E-state index in [4.69, 9.17) is 16.4 Å². The third-order valence-corrected chi connectivity index (χ3v) is 5.84. The summed E-state index contributed by atoms with van der Waals surface area (Å²) in [7, 11) is 0. The topological polar surface area (TPSA) is 41.9 Å². The molecule has 4 nitrogen and oxygen atoms in total. The molecule has 2 aromatic carbocycles. The Labute approximate surface area is 181 Å². The summed E-state index contributed by atoms with van der Waals surface area (Å²) >= 11 is 7.24. The molecule has 0 spiro atoms. The fourth-order valence-electron chi connectivity index (χ4n) is 3.22. The SMILES string of the molecule is O=C(c1cccs1)N(Cc1ccc(F)cc1F)C[C@H]1CC(c2ccc(Cl)cc2)=NO1. The second kappa shape index (κ2) is 8.93. The number of amides is 1. The summed E-state index contributed by atoms with van der Waals surface area (Å²) < 4.78 is 27.5. The van der Waals surface area contributed by atoms with Crippen molar-refractivity contribution in [1.82, 2.24) is 4.90 Å². The number of carbonyl (C=O) groups excluding carboxylic acids is 1. The monoisotopic (exact) mass is 446 g/mol. The Hall–Kier alpha value is -2.77. The second-order valence-corrected chi connectivity index (χ2v) is 8.26. The molecular weight excluding hydrogens is 430 g/mol. The van der Waals surface area contributed by atoms with Crippen LogP contribution >= 0.6 is 22.9 Å². The largest absolute Gasteiger partial charge is 0.390 e. The molecule has 0 saturated carbocycles. The highest BCUT2D eigenvalue weighted by molar-refractivity contribution is 7.12. The van der Waals surface area contributed by atoms with Gasteiger partial charge in [-0.3, -0.25) is 4.79 Å². The summed E-state index contributed by atoms with van der Waals surface area (Å²) in [5, 5.41) is 6.57. The van der Waals surface area contributed by atoms with Crippen molar-refractivity contribution in [1.29, 1.82) is 0 Å². The Morgan fingerprint density at radius 1 is 1.20 bits per heavy atom. The zero-order valence-corrected chi connectivity index (χ0v) is 17.3. The summed E-state index contributed by atoms with van der Waals surface area (Å²) in [5.41, 5.74) is 1.88. The van der Waals surface area contributed by atoms with E-state index < -0.39 is 11.6 Å². The molecule has 154 valence electrons. The summed E-state index contributed by atoms with van der Waals surface area (Å²) in [6.45, 7) is 0.215. The number of halogens is 3. The van der Waals surface area contributed by atoms with Crippen molar-refractivity contribution < 1.29 is 18.4 Å². The van der Waals surface area contributed by atoms with E-state index in [-0.39, 0.29) is 30.7 Å². The Morgan fingerprint density at radius 2 is 2.00 bits per heavy atom. The third kappa shape index (κ3) is 4.68. The standard InChI is InChI=1S/C22H17ClF2N2O2S/c23-16-6-3-14(4-7-16)20-11-18(29-26-20)13-27(22(28)21-2-1-9-30-21)12-15-5-8-17(24)10-19(15)25/h1-10,18H,11-13H2/t18-/m1/s1. The van der Waals surface area contributed by atoms with Crippen LogP contribution in [0.1, 0.15) is 27.2 Å². The fraction of sp³-hybridized carbons (Fsp3) is 0.182. The van der Waals surface area contributed by atoms with E-state index >= 15 is 0 Å². The van der Waals surface area contributed by atoms with Crippen molar-refractivity contribution in [2.75, 3.05) is 6.54 Å². The van der Waals surface area contributed by atoms with Gasteiger partial charge in [-0.2, -0.15) is 0 Å². The Kier molecular flexibility index (Phi) is 6.11. The lowest BCUT2D eigenvalue weighted by atomic mass is 10.0. The molecule has 0 fully saturated rings. The molecule has 3 aromatic rings. The molecule has 0 saturated heterocycles. The zero-order chi connectivity index (χ0) is 21.1. The average molecular weight is 447 g/mol. The first-order chi connectivity index (χ1) is 14.5. The average Bonchev–Trinajstić information content (AvgIpc) is 3.42. The number of thiophene rings is 1. The quantitative estimate of drug-likeness (QED) is 0.500. The van der Waals surface area contributed by atoms with Crippen LogP contribution in [-0.4, -0.2) is 29.2 Å². The minimum atomic E-state index is -0.690. The molecule has 0 N–H and O–H groups in total. The van der Waals surface area contributed by atoms with Crippen LogP contribution < -0.4 is 0 Å². The van der Waals surface area contributed by atoms with Gasteiger partial charge in [0.1, 0.15) is 11.6 Å². The summed E-state index contributed by atoms with van der Waals surface area (Å²) in [4.78, 5) is 20.6. The Bertz CT molecular complexity index is 1070. The van der Waals surface area contributed by atoms with Gasteiger partial charge in [-0.05, 0) is 35.2 Å². The minimum absolute atomic E-state index is 0.00101. The van der Waals surface area contributed by atoms with Gasteiger partial charge in [-0.1, -0.05) is 41.0 Å². The molecule has 0 aliphatic carbocycles. The second-order valence-electron chi connectivity index (χ2n) is 6.88. The highest BCUT2D eigenvalue weighted by Crippen LogP contribution is 2.22. The molecule has 8 heteroatoms. The van der Waals surface area contributed by atoms with Gasteiger partial charge in [0.2, 0.25) is 0 Å². The minimum Gasteiger partial charge on any atom is -0.390 e. The molecule has 1 aromatic heterocycles. The maximum Gasteiger partial charge on any atom is 0.264 e. The number of oxime groups is 1. The molecule has 0 radical (unpaired) electrons. The molecule has 0 unspecified atom stereocenters. The smallest absolute Gasteiger partial charge is 0.264 e. The van der Waals surface area contributed by atoms with Gasteiger partial charge in [-0.25, -0.2) is 8.78 Å². The highest BCUT2D eigenvalue weighted by Gasteiger charge is 2.28. The van der Waals surface area contributed by atoms with Gasteiger partial charge in [0, 0.05) is 29.6 Å². The normalized spacial score (nSPS) is 15.6. The molecule has 30 heavy (non-hydrogen) atoms. The summed E-state index contributed by atoms with van der Waals surface area (Å²) in [6, 6.07) is 14.1. The van der Waals surface area contributed by atoms with Crippen LogP contribution in [0.4, 0.5) is 8.78 Å². The maximum atomic E-state index is 14.2. The van der Waals surface area contributed by atoms with Crippen LogP contribution in [0.25, 0.3) is 0 Å². The van der Waals surface area contributed by atoms with Gasteiger partial charge in [0.05, 0.1) is 17.1 Å². The number of rotatable bonds is 6. The number of carbonyl (C=O) groups is 1. The van der Waals surface area contributed by atoms with Crippen LogP contribution in [0.3, 0.4) is 0 Å². The summed E-state index contributed by atoms with van der Waals surface area (Å²) in [6.07, 6.45) is 0.130. The number of hydrogen-bond acceptors (Lipinski definition) is 4. The van der Waals surface area contributed by atoms with Gasteiger partial charge in [0.25, 0.3) is 5.91 Å². The van der Waals surface area contributed by atoms with E-state index in [1.165, 1.54) is 28.4 Å². The van der Waals surface area contributed by atoms with E-state index in [2.05, 4.69) is 5.16 Å². The molecule has 2 heterocycles. The number of benzene rings is 2. The fourth-order valence-corrected chi connectivity index (χ4v) is 4.03. The van der Waals surface area contributed by atoms with Gasteiger partial charge < -0.3 is 9.74 Å². The van der Waals surface area contributed by atoms with Gasteiger partial charge in [0.15, 0.2) is 6.10 Å². The van der Waals surface area contributed by atoms with Crippen molar-refractivity contribution >= 4 is 34.6 Å². The molecule has 1 atom stereocenters. The lowest BCUT2D eigenvalue weighted by Gasteiger charge is -2.24. The van der Waals surface area contributed by atoms with E-state index in [0.717, 1.165) is 17.3 Å². The van der Waals surface area contributed by atoms with Crippen molar-refractivity contribution in [2.24, 2.45) is 5.16 Å². The van der Waals surface area contributed by atoms with Crippen LogP contribution in [-0.2, 0) is 11.4 Å². The number of hydrogen-bond donors (Lipinski definition) is 0. The van der Waals surface area contributed by atoms with E-state index in [9.17, 15) is 13.6 Å². The predicted molar refractivity (Wildman–Crippen MR) is 113 cm³/mol. The van der Waals surface area contributed by atoms with Crippen molar-refractivity contribution in [3.05, 3.63) is 92.6 Å². The number of nitrogens with zero attached hydrogens (tertiary/aromatic N) is 2. The van der Waals surface area contributed by atoms with Crippen LogP contribution in [0.2, 0.25) is 5.02 Å². The van der Waals surface area contributed by atoms with Crippen LogP contribution in [0.15, 0.2) is 65.1 Å². The first-order valence-corrected chi connectivity index (χ1v) is 10.5. The molecule has 1 amide bonds. The maximum absolute atomic E-state index is 14.2. The van der Waals surface area contributed by atoms with Crippen molar-refractivity contribution in [2.45, 2.75) is 19.1 Å². The highest BCUT2D eigenvalue weighted by atomic mass is 35.5. The predicted octanol–water partition coefficient (Wildman–Crippen LogP) is 5.52. The van der Waals surface area contributed by atoms with Gasteiger partial charge >= 0.3 is 0 Å². The lowest BCUT2D eigenvalue weighted by molar-refractivity contribution is 0.0406. The zero-order valence-electron chi connectivity index (χ0n) is 15.7. The van der Waals surface area contributed by atoms with E-state index in [1.54, 1.807) is 29.6 Å². The summed E-state index contributed by atoms with van der Waals surface area (Å²) in [5.74, 6) is -1.59. The molecular formula is C22H17ClF2N2O2S. The van der Waals surface area contributed by atoms with E-state index in [1.807, 2.05) is 12.1 Å². The van der Waals surface area contributed by atoms with Crippen molar-refractivity contribution in [3.8, 4) is 0 Å². The Morgan fingerprint density at radius 3 is 2.70 bits per heavy atom. The van der Waals surface area contributed by atoms with Crippen LogP contribution in [0.5, 0.6) is 0 Å². The van der Waals surface area contributed by atoms with Gasteiger partial charge in [-0.15, -0.1) is 11.3 Å². The van der Waals surface area contributed by atoms with Crippen molar-refractivity contribution in [3.63, 3.8) is 0 Å². The first kappa shape index (κ1) is 20.5. The molecule has 4 rings (SSSR count). The third-order valence-electron chi connectivity index (χ3n) is 4.73. The molecule has 0 bridgehead atoms. The van der Waals surface area contributed by atoms with E-state index in [0.29, 0.717) is 16.3 Å². The van der Waals surface area contributed by atoms with Crippen LogP contribution in [0, 0.1) is 11.6 Å². The Balaban J connectivity index is 1.50. The lowest BCUT2D eigenvalue weighted by Crippen LogP contribution is -2.37. The molecule has 1 aliphatic heterocycles. The molecule has 1 aliphatic rings.